The van der Waals surface area contributed by atoms with Gasteiger partial charge in [0.05, 0.1) is 5.56 Å². The average molecular weight is 387 g/mol. The Morgan fingerprint density at radius 2 is 1.52 bits per heavy atom. The molecule has 0 radical (unpaired) electrons. The highest BCUT2D eigenvalue weighted by Gasteiger charge is 2.23. The molecule has 0 unspecified atom stereocenters. The SMILES string of the molecule is O=C(OCC(=O)N1CCCc2ccccc21)c1ccc(Oc2ccccc2)cc1. The van der Waals surface area contributed by atoms with Gasteiger partial charge in [0.2, 0.25) is 0 Å². The Balaban J connectivity index is 1.34. The zero-order valence-corrected chi connectivity index (χ0v) is 15.9. The van der Waals surface area contributed by atoms with E-state index in [-0.39, 0.29) is 12.5 Å². The van der Waals surface area contributed by atoms with Gasteiger partial charge >= 0.3 is 5.97 Å². The van der Waals surface area contributed by atoms with Gasteiger partial charge in [-0.3, -0.25) is 4.79 Å². The van der Waals surface area contributed by atoms with Crippen molar-refractivity contribution in [3.05, 3.63) is 90.0 Å². The van der Waals surface area contributed by atoms with Crippen molar-refractivity contribution in [2.45, 2.75) is 12.8 Å². The van der Waals surface area contributed by atoms with Crippen molar-refractivity contribution in [2.75, 3.05) is 18.1 Å². The minimum absolute atomic E-state index is 0.213. The van der Waals surface area contributed by atoms with Gasteiger partial charge in [0.25, 0.3) is 5.91 Å². The Bertz CT molecular complexity index is 999. The van der Waals surface area contributed by atoms with E-state index in [1.165, 1.54) is 0 Å². The Hall–Kier alpha value is -3.60. The number of aryl methyl sites for hydroxylation is 1. The molecular formula is C24H21NO4. The lowest BCUT2D eigenvalue weighted by molar-refractivity contribution is -0.121. The maximum absolute atomic E-state index is 12.6. The van der Waals surface area contributed by atoms with Crippen LogP contribution in [-0.4, -0.2) is 25.0 Å². The second kappa shape index (κ2) is 8.61. The monoisotopic (exact) mass is 387 g/mol. The summed E-state index contributed by atoms with van der Waals surface area (Å²) in [5.74, 6) is 0.591. The molecule has 1 amide bonds. The number of ether oxygens (including phenoxy) is 2. The number of para-hydroxylation sites is 2. The maximum Gasteiger partial charge on any atom is 0.338 e. The third kappa shape index (κ3) is 4.46. The summed E-state index contributed by atoms with van der Waals surface area (Å²) in [5, 5.41) is 0. The molecule has 0 bridgehead atoms. The summed E-state index contributed by atoms with van der Waals surface area (Å²) in [4.78, 5) is 26.6. The van der Waals surface area contributed by atoms with Crippen LogP contribution in [0.4, 0.5) is 5.69 Å². The van der Waals surface area contributed by atoms with E-state index in [1.807, 2.05) is 54.6 Å². The molecule has 4 rings (SSSR count). The molecule has 1 aliphatic heterocycles. The third-order valence-electron chi connectivity index (χ3n) is 4.81. The van der Waals surface area contributed by atoms with E-state index >= 15 is 0 Å². The summed E-state index contributed by atoms with van der Waals surface area (Å²) in [6.45, 7) is 0.356. The Morgan fingerprint density at radius 3 is 2.31 bits per heavy atom. The summed E-state index contributed by atoms with van der Waals surface area (Å²) in [7, 11) is 0. The van der Waals surface area contributed by atoms with Crippen molar-refractivity contribution in [1.29, 1.82) is 0 Å². The minimum atomic E-state index is -0.532. The number of amides is 1. The first kappa shape index (κ1) is 18.7. The van der Waals surface area contributed by atoms with Crippen molar-refractivity contribution < 1.29 is 19.1 Å². The molecule has 1 aliphatic rings. The van der Waals surface area contributed by atoms with Crippen molar-refractivity contribution >= 4 is 17.6 Å². The average Bonchev–Trinajstić information content (AvgIpc) is 2.78. The van der Waals surface area contributed by atoms with E-state index in [2.05, 4.69) is 0 Å². The molecule has 146 valence electrons. The summed E-state index contributed by atoms with van der Waals surface area (Å²) in [5.41, 5.74) is 2.42. The fourth-order valence-corrected chi connectivity index (χ4v) is 3.36. The first-order chi connectivity index (χ1) is 14.2. The number of nitrogens with zero attached hydrogens (tertiary/aromatic N) is 1. The van der Waals surface area contributed by atoms with Crippen LogP contribution in [0.1, 0.15) is 22.3 Å². The second-order valence-corrected chi connectivity index (χ2v) is 6.79. The molecule has 3 aromatic rings. The summed E-state index contributed by atoms with van der Waals surface area (Å²) < 4.78 is 11.0. The number of esters is 1. The number of benzene rings is 3. The second-order valence-electron chi connectivity index (χ2n) is 6.79. The number of anilines is 1. The molecule has 0 atom stereocenters. The zero-order valence-electron chi connectivity index (χ0n) is 15.9. The van der Waals surface area contributed by atoms with Crippen LogP contribution in [0.25, 0.3) is 0 Å². The molecule has 5 heteroatoms. The van der Waals surface area contributed by atoms with Gasteiger partial charge in [-0.05, 0) is 60.9 Å². The number of fused-ring (bicyclic) bond motifs is 1. The van der Waals surface area contributed by atoms with Crippen molar-refractivity contribution in [3.63, 3.8) is 0 Å². The predicted molar refractivity (Wildman–Crippen MR) is 110 cm³/mol. The summed E-state index contributed by atoms with van der Waals surface area (Å²) >= 11 is 0. The smallest absolute Gasteiger partial charge is 0.338 e. The van der Waals surface area contributed by atoms with Crippen LogP contribution in [0.15, 0.2) is 78.9 Å². The highest BCUT2D eigenvalue weighted by atomic mass is 16.5. The molecule has 0 saturated heterocycles. The van der Waals surface area contributed by atoms with Gasteiger partial charge in [0.15, 0.2) is 6.61 Å². The van der Waals surface area contributed by atoms with E-state index in [4.69, 9.17) is 9.47 Å². The summed E-state index contributed by atoms with van der Waals surface area (Å²) in [6, 6.07) is 23.9. The van der Waals surface area contributed by atoms with Crippen LogP contribution in [0, 0.1) is 0 Å². The molecule has 0 saturated carbocycles. The van der Waals surface area contributed by atoms with E-state index in [1.54, 1.807) is 29.2 Å². The van der Waals surface area contributed by atoms with E-state index in [0.29, 0.717) is 17.9 Å². The number of carbonyl (C=O) groups excluding carboxylic acids is 2. The van der Waals surface area contributed by atoms with Gasteiger partial charge in [0, 0.05) is 12.2 Å². The first-order valence-corrected chi connectivity index (χ1v) is 9.59. The van der Waals surface area contributed by atoms with Crippen LogP contribution in [-0.2, 0) is 16.0 Å². The largest absolute Gasteiger partial charge is 0.457 e. The molecule has 0 aromatic heterocycles. The molecule has 1 heterocycles. The molecule has 5 nitrogen and oxygen atoms in total. The molecule has 0 aliphatic carbocycles. The van der Waals surface area contributed by atoms with Gasteiger partial charge < -0.3 is 14.4 Å². The standard InChI is InChI=1S/C24H21NO4/c26-23(25-16-6-8-18-7-4-5-11-22(18)25)17-28-24(27)19-12-14-21(15-13-19)29-20-9-2-1-3-10-20/h1-5,7,9-15H,6,8,16-17H2. The normalized spacial score (nSPS) is 12.8. The lowest BCUT2D eigenvalue weighted by atomic mass is 10.0. The number of rotatable bonds is 5. The third-order valence-corrected chi connectivity index (χ3v) is 4.81. The van der Waals surface area contributed by atoms with Crippen LogP contribution in [0.3, 0.4) is 0 Å². The van der Waals surface area contributed by atoms with E-state index in [0.717, 1.165) is 29.8 Å². The Morgan fingerprint density at radius 1 is 0.828 bits per heavy atom. The van der Waals surface area contributed by atoms with Gasteiger partial charge in [-0.2, -0.15) is 0 Å². The lowest BCUT2D eigenvalue weighted by Gasteiger charge is -2.29. The van der Waals surface area contributed by atoms with E-state index < -0.39 is 5.97 Å². The fourth-order valence-electron chi connectivity index (χ4n) is 3.36. The predicted octanol–water partition coefficient (Wildman–Crippen LogP) is 4.62. The van der Waals surface area contributed by atoms with Crippen LogP contribution in [0.5, 0.6) is 11.5 Å². The summed E-state index contributed by atoms with van der Waals surface area (Å²) in [6.07, 6.45) is 1.86. The van der Waals surface area contributed by atoms with Gasteiger partial charge in [-0.15, -0.1) is 0 Å². The first-order valence-electron chi connectivity index (χ1n) is 9.59. The molecule has 0 spiro atoms. The van der Waals surface area contributed by atoms with Gasteiger partial charge in [-0.25, -0.2) is 4.79 Å². The van der Waals surface area contributed by atoms with Crippen molar-refractivity contribution in [2.24, 2.45) is 0 Å². The van der Waals surface area contributed by atoms with Crippen molar-refractivity contribution in [1.82, 2.24) is 0 Å². The van der Waals surface area contributed by atoms with Crippen LogP contribution < -0.4 is 9.64 Å². The topological polar surface area (TPSA) is 55.8 Å². The van der Waals surface area contributed by atoms with Gasteiger partial charge in [-0.1, -0.05) is 36.4 Å². The van der Waals surface area contributed by atoms with Crippen molar-refractivity contribution in [3.8, 4) is 11.5 Å². The van der Waals surface area contributed by atoms with Gasteiger partial charge in [0.1, 0.15) is 11.5 Å². The molecule has 29 heavy (non-hydrogen) atoms. The number of hydrogen-bond acceptors (Lipinski definition) is 4. The van der Waals surface area contributed by atoms with Crippen LogP contribution >= 0.6 is 0 Å². The molecule has 0 N–H and O–H groups in total. The number of carbonyl (C=O) groups is 2. The minimum Gasteiger partial charge on any atom is -0.457 e. The lowest BCUT2D eigenvalue weighted by Crippen LogP contribution is -2.38. The molecule has 3 aromatic carbocycles. The maximum atomic E-state index is 12.6. The van der Waals surface area contributed by atoms with E-state index in [9.17, 15) is 9.59 Å². The highest BCUT2D eigenvalue weighted by Crippen LogP contribution is 2.27. The zero-order chi connectivity index (χ0) is 20.1. The molecule has 0 fully saturated rings. The molecular weight excluding hydrogens is 366 g/mol. The Labute approximate surface area is 169 Å². The number of hydrogen-bond donors (Lipinski definition) is 0. The van der Waals surface area contributed by atoms with Crippen LogP contribution in [0.2, 0.25) is 0 Å². The quantitative estimate of drug-likeness (QED) is 0.600. The fraction of sp³-hybridized carbons (Fsp3) is 0.167. The Kier molecular flexibility index (Phi) is 5.56. The highest BCUT2D eigenvalue weighted by molar-refractivity contribution is 5.98.